The third-order valence-electron chi connectivity index (χ3n) is 4.95. The molecule has 1 aromatic heterocycles. The number of nitrogens with zero attached hydrogens (tertiary/aromatic N) is 2. The van der Waals surface area contributed by atoms with Gasteiger partial charge in [0.2, 0.25) is 0 Å². The third kappa shape index (κ3) is 4.42. The zero-order chi connectivity index (χ0) is 18.7. The Balaban J connectivity index is 2.40. The SMILES string of the molecule is CNC(c1ccc(C)cc1)c1c(NC(C)N(C)N(C)C)sc(C)c1C. The van der Waals surface area contributed by atoms with Crippen LogP contribution in [0.25, 0.3) is 0 Å². The third-order valence-corrected chi connectivity index (χ3v) is 6.11. The Morgan fingerprint density at radius 2 is 1.60 bits per heavy atom. The molecular formula is C20H32N4S. The number of hydrazine groups is 1. The molecule has 2 aromatic rings. The largest absolute Gasteiger partial charge is 0.360 e. The van der Waals surface area contributed by atoms with E-state index in [4.69, 9.17) is 0 Å². The molecule has 1 aromatic carbocycles. The fourth-order valence-corrected chi connectivity index (χ4v) is 4.15. The van der Waals surface area contributed by atoms with E-state index in [2.05, 4.69) is 93.8 Å². The van der Waals surface area contributed by atoms with Gasteiger partial charge < -0.3 is 10.6 Å². The van der Waals surface area contributed by atoms with Gasteiger partial charge in [-0.1, -0.05) is 29.8 Å². The number of aryl methyl sites for hydroxylation is 2. The van der Waals surface area contributed by atoms with Gasteiger partial charge in [-0.15, -0.1) is 11.3 Å². The number of thiophene rings is 1. The molecule has 0 fully saturated rings. The molecular weight excluding hydrogens is 328 g/mol. The number of rotatable bonds is 7. The molecule has 0 amide bonds. The first kappa shape index (κ1) is 19.9. The van der Waals surface area contributed by atoms with Crippen LogP contribution >= 0.6 is 11.3 Å². The zero-order valence-corrected chi connectivity index (χ0v) is 17.6. The minimum atomic E-state index is 0.185. The summed E-state index contributed by atoms with van der Waals surface area (Å²) in [5.74, 6) is 0. The number of nitrogens with one attached hydrogen (secondary N) is 2. The highest BCUT2D eigenvalue weighted by Crippen LogP contribution is 2.39. The van der Waals surface area contributed by atoms with Gasteiger partial charge in [0.25, 0.3) is 0 Å². The summed E-state index contributed by atoms with van der Waals surface area (Å²) >= 11 is 1.84. The van der Waals surface area contributed by atoms with Gasteiger partial charge in [-0.25, -0.2) is 10.0 Å². The topological polar surface area (TPSA) is 30.5 Å². The summed E-state index contributed by atoms with van der Waals surface area (Å²) in [4.78, 5) is 1.37. The van der Waals surface area contributed by atoms with E-state index < -0.39 is 0 Å². The fourth-order valence-electron chi connectivity index (χ4n) is 2.97. The van der Waals surface area contributed by atoms with Crippen molar-refractivity contribution in [2.75, 3.05) is 33.5 Å². The van der Waals surface area contributed by atoms with E-state index in [-0.39, 0.29) is 12.2 Å². The van der Waals surface area contributed by atoms with Crippen molar-refractivity contribution < 1.29 is 0 Å². The standard InChI is InChI=1S/C20H32N4S/c1-13-9-11-17(12-10-13)19(21-5)18-14(2)15(3)25-20(18)22-16(4)24(8)23(6)7/h9-12,16,19,21-22H,1-8H3. The predicted molar refractivity (Wildman–Crippen MR) is 110 cm³/mol. The predicted octanol–water partition coefficient (Wildman–Crippen LogP) is 4.15. The van der Waals surface area contributed by atoms with Crippen molar-refractivity contribution in [1.29, 1.82) is 0 Å². The Labute approximate surface area is 156 Å². The molecule has 0 saturated heterocycles. The van der Waals surface area contributed by atoms with Gasteiger partial charge in [-0.05, 0) is 45.9 Å². The molecule has 0 saturated carbocycles. The van der Waals surface area contributed by atoms with Crippen LogP contribution in [0.5, 0.6) is 0 Å². The molecule has 5 heteroatoms. The molecule has 0 radical (unpaired) electrons. The van der Waals surface area contributed by atoms with Crippen molar-refractivity contribution in [2.45, 2.75) is 39.9 Å². The van der Waals surface area contributed by atoms with Crippen LogP contribution in [0, 0.1) is 20.8 Å². The average molecular weight is 361 g/mol. The molecule has 138 valence electrons. The number of benzene rings is 1. The quantitative estimate of drug-likeness (QED) is 0.574. The summed E-state index contributed by atoms with van der Waals surface area (Å²) in [7, 11) is 8.26. The van der Waals surface area contributed by atoms with Crippen LogP contribution in [0.4, 0.5) is 5.00 Å². The highest BCUT2D eigenvalue weighted by Gasteiger charge is 2.24. The summed E-state index contributed by atoms with van der Waals surface area (Å²) in [6.45, 7) is 8.75. The Morgan fingerprint density at radius 1 is 1.00 bits per heavy atom. The van der Waals surface area contributed by atoms with Crippen LogP contribution in [0.3, 0.4) is 0 Å². The van der Waals surface area contributed by atoms with Gasteiger partial charge in [0.05, 0.1) is 17.2 Å². The van der Waals surface area contributed by atoms with E-state index in [9.17, 15) is 0 Å². The van der Waals surface area contributed by atoms with Crippen molar-refractivity contribution in [1.82, 2.24) is 15.3 Å². The van der Waals surface area contributed by atoms with E-state index >= 15 is 0 Å². The second-order valence-electron chi connectivity index (χ2n) is 6.90. The molecule has 0 spiro atoms. The van der Waals surface area contributed by atoms with Crippen LogP contribution in [-0.4, -0.2) is 44.4 Å². The van der Waals surface area contributed by atoms with Crippen molar-refractivity contribution in [2.24, 2.45) is 0 Å². The van der Waals surface area contributed by atoms with Gasteiger partial charge in [0.1, 0.15) is 0 Å². The van der Waals surface area contributed by atoms with Gasteiger partial charge in [0.15, 0.2) is 0 Å². The van der Waals surface area contributed by atoms with Gasteiger partial charge in [-0.3, -0.25) is 0 Å². The van der Waals surface area contributed by atoms with E-state index in [1.165, 1.54) is 32.1 Å². The molecule has 2 atom stereocenters. The maximum Gasteiger partial charge on any atom is 0.0952 e. The number of hydrogen-bond acceptors (Lipinski definition) is 5. The smallest absolute Gasteiger partial charge is 0.0952 e. The van der Waals surface area contributed by atoms with Crippen LogP contribution in [0.2, 0.25) is 0 Å². The zero-order valence-electron chi connectivity index (χ0n) is 16.8. The molecule has 0 bridgehead atoms. The molecule has 1 heterocycles. The molecule has 2 N–H and O–H groups in total. The molecule has 25 heavy (non-hydrogen) atoms. The van der Waals surface area contributed by atoms with E-state index in [1.807, 2.05) is 18.4 Å². The minimum Gasteiger partial charge on any atom is -0.360 e. The van der Waals surface area contributed by atoms with Crippen molar-refractivity contribution in [3.8, 4) is 0 Å². The summed E-state index contributed by atoms with van der Waals surface area (Å²) < 4.78 is 0. The molecule has 0 aliphatic heterocycles. The maximum absolute atomic E-state index is 3.71. The molecule has 2 rings (SSSR count). The Kier molecular flexibility index (Phi) is 6.63. The lowest BCUT2D eigenvalue weighted by Gasteiger charge is -2.32. The van der Waals surface area contributed by atoms with Crippen molar-refractivity contribution in [3.63, 3.8) is 0 Å². The molecule has 4 nitrogen and oxygen atoms in total. The molecule has 0 aliphatic carbocycles. The second kappa shape index (κ2) is 8.32. The summed E-state index contributed by atoms with van der Waals surface area (Å²) in [6, 6.07) is 9.00. The second-order valence-corrected chi connectivity index (χ2v) is 8.12. The summed E-state index contributed by atoms with van der Waals surface area (Å²) in [5.41, 5.74) is 5.31. The lowest BCUT2D eigenvalue weighted by atomic mass is 9.96. The highest BCUT2D eigenvalue weighted by molar-refractivity contribution is 7.16. The lowest BCUT2D eigenvalue weighted by molar-refractivity contribution is 0.0280. The van der Waals surface area contributed by atoms with Crippen LogP contribution in [0.15, 0.2) is 24.3 Å². The molecule has 2 unspecified atom stereocenters. The van der Waals surface area contributed by atoms with Gasteiger partial charge >= 0.3 is 0 Å². The van der Waals surface area contributed by atoms with E-state index in [0.29, 0.717) is 0 Å². The summed E-state index contributed by atoms with van der Waals surface area (Å²) in [6.07, 6.45) is 0.210. The Morgan fingerprint density at radius 3 is 2.12 bits per heavy atom. The van der Waals surface area contributed by atoms with Crippen LogP contribution < -0.4 is 10.6 Å². The van der Waals surface area contributed by atoms with Crippen molar-refractivity contribution in [3.05, 3.63) is 51.4 Å². The van der Waals surface area contributed by atoms with Gasteiger partial charge in [-0.2, -0.15) is 0 Å². The highest BCUT2D eigenvalue weighted by atomic mass is 32.1. The first-order valence-corrected chi connectivity index (χ1v) is 9.58. The molecule has 0 aliphatic rings. The normalized spacial score (nSPS) is 14.2. The number of hydrogen-bond donors (Lipinski definition) is 2. The fraction of sp³-hybridized carbons (Fsp3) is 0.500. The van der Waals surface area contributed by atoms with Gasteiger partial charge in [0, 0.05) is 31.6 Å². The van der Waals surface area contributed by atoms with Crippen LogP contribution in [-0.2, 0) is 0 Å². The maximum atomic E-state index is 3.71. The minimum absolute atomic E-state index is 0.185. The van der Waals surface area contributed by atoms with E-state index in [0.717, 1.165) is 0 Å². The first-order chi connectivity index (χ1) is 11.8. The number of anilines is 1. The Hall–Kier alpha value is -1.40. The first-order valence-electron chi connectivity index (χ1n) is 8.76. The van der Waals surface area contributed by atoms with Crippen LogP contribution in [0.1, 0.15) is 40.1 Å². The summed E-state index contributed by atoms with van der Waals surface area (Å²) in [5, 5.41) is 12.8. The average Bonchev–Trinajstić information content (AvgIpc) is 2.84. The Bertz CT molecular complexity index is 690. The van der Waals surface area contributed by atoms with E-state index in [1.54, 1.807) is 0 Å². The lowest BCUT2D eigenvalue weighted by Crippen LogP contribution is -2.44. The van der Waals surface area contributed by atoms with Crippen molar-refractivity contribution >= 4 is 16.3 Å². The monoisotopic (exact) mass is 360 g/mol.